The van der Waals surface area contributed by atoms with Gasteiger partial charge in [0, 0.05) is 18.2 Å². The van der Waals surface area contributed by atoms with E-state index in [-0.39, 0.29) is 0 Å². The zero-order valence-corrected chi connectivity index (χ0v) is 19.6. The average Bonchev–Trinajstić information content (AvgIpc) is 3.70. The van der Waals surface area contributed by atoms with E-state index >= 15 is 0 Å². The molecule has 0 spiro atoms. The Hall–Kier alpha value is -3.85. The van der Waals surface area contributed by atoms with Gasteiger partial charge in [-0.1, -0.05) is 121 Å². The van der Waals surface area contributed by atoms with E-state index in [4.69, 9.17) is 0 Å². The summed E-state index contributed by atoms with van der Waals surface area (Å²) in [6.45, 7) is 2.09. The van der Waals surface area contributed by atoms with E-state index in [2.05, 4.69) is 151 Å². The number of fused-ring (bicyclic) bond motifs is 1. The van der Waals surface area contributed by atoms with Gasteiger partial charge in [-0.15, -0.1) is 0 Å². The molecule has 0 radical (unpaired) electrons. The van der Waals surface area contributed by atoms with Crippen LogP contribution in [0.25, 0.3) is 0 Å². The quantitative estimate of drug-likeness (QED) is 0.464. The Labute approximate surface area is 203 Å². The van der Waals surface area contributed by atoms with Crippen molar-refractivity contribution in [2.75, 3.05) is 0 Å². The minimum atomic E-state index is -1.22. The van der Waals surface area contributed by atoms with Gasteiger partial charge in [-0.25, -0.2) is 4.99 Å². The van der Waals surface area contributed by atoms with Crippen molar-refractivity contribution in [1.82, 2.24) is 5.32 Å². The molecular formula is C31H31BN2. The Bertz CT molecular complexity index is 1090. The first-order valence-corrected chi connectivity index (χ1v) is 12.2. The maximum absolute atomic E-state index is 3.31. The first-order valence-electron chi connectivity index (χ1n) is 12.2. The van der Waals surface area contributed by atoms with Gasteiger partial charge < -0.3 is 5.32 Å². The normalized spacial score (nSPS) is 18.3. The molecule has 168 valence electrons. The molecule has 34 heavy (non-hydrogen) atoms. The Morgan fingerprint density at radius 3 is 1.38 bits per heavy atom. The zero-order chi connectivity index (χ0) is 23.2. The Morgan fingerprint density at radius 2 is 1.00 bits per heavy atom. The molecule has 1 heterocycles. The number of rotatable bonds is 4. The lowest BCUT2D eigenvalue weighted by molar-refractivity contribution is -0.468. The van der Waals surface area contributed by atoms with Crippen molar-refractivity contribution in [2.45, 2.75) is 25.4 Å². The highest BCUT2D eigenvalue weighted by molar-refractivity contribution is 7.19. The lowest BCUT2D eigenvalue weighted by Gasteiger charge is -2.44. The van der Waals surface area contributed by atoms with E-state index in [0.717, 1.165) is 0 Å². The second-order valence-electron chi connectivity index (χ2n) is 9.32. The monoisotopic (exact) mass is 442 g/mol. The van der Waals surface area contributed by atoms with E-state index in [9.17, 15) is 0 Å². The number of nitrogens with one attached hydrogen (secondary N) is 2. The summed E-state index contributed by atoms with van der Waals surface area (Å²) < 4.78 is 0. The van der Waals surface area contributed by atoms with Crippen LogP contribution in [0, 0.1) is 0 Å². The zero-order valence-electron chi connectivity index (χ0n) is 19.6. The van der Waals surface area contributed by atoms with Crippen molar-refractivity contribution in [2.24, 2.45) is 0 Å². The van der Waals surface area contributed by atoms with Gasteiger partial charge in [0.1, 0.15) is 6.15 Å². The van der Waals surface area contributed by atoms with Gasteiger partial charge in [0.15, 0.2) is 12.3 Å². The molecule has 1 fully saturated rings. The van der Waals surface area contributed by atoms with Gasteiger partial charge >= 0.3 is 0 Å². The molecule has 2 aliphatic rings. The molecule has 1 saturated carbocycles. The summed E-state index contributed by atoms with van der Waals surface area (Å²) in [5, 5.41) is 3.31. The molecule has 1 aliphatic heterocycles. The van der Waals surface area contributed by atoms with Crippen LogP contribution in [-0.2, 0) is 0 Å². The van der Waals surface area contributed by atoms with Gasteiger partial charge in [-0.3, -0.25) is 0 Å². The molecule has 0 aromatic heterocycles. The SMILES string of the molecule is CC1=CNC2CC2[NH+]=C1.c1ccc([B-](c2ccccc2)(c2ccccc2)c2ccccc2)cc1. The topological polar surface area (TPSA) is 26.0 Å². The van der Waals surface area contributed by atoms with Gasteiger partial charge in [0.2, 0.25) is 0 Å². The summed E-state index contributed by atoms with van der Waals surface area (Å²) in [4.78, 5) is 3.31. The average molecular weight is 442 g/mol. The summed E-state index contributed by atoms with van der Waals surface area (Å²) >= 11 is 0. The molecule has 1 aliphatic carbocycles. The Kier molecular flexibility index (Phi) is 6.44. The summed E-state index contributed by atoms with van der Waals surface area (Å²) in [5.41, 5.74) is 6.64. The van der Waals surface area contributed by atoms with Crippen LogP contribution in [0.4, 0.5) is 0 Å². The van der Waals surface area contributed by atoms with Gasteiger partial charge in [0.05, 0.1) is 6.04 Å². The van der Waals surface area contributed by atoms with Gasteiger partial charge in [-0.2, -0.15) is 21.9 Å². The second-order valence-corrected chi connectivity index (χ2v) is 9.32. The summed E-state index contributed by atoms with van der Waals surface area (Å²) in [5.74, 6) is 0. The molecule has 2 atom stereocenters. The van der Waals surface area contributed by atoms with E-state index < -0.39 is 6.15 Å². The maximum atomic E-state index is 3.31. The number of hydrogen-bond donors (Lipinski definition) is 2. The molecule has 6 rings (SSSR count). The third-order valence-corrected chi connectivity index (χ3v) is 7.04. The van der Waals surface area contributed by atoms with E-state index in [1.165, 1.54) is 33.8 Å². The van der Waals surface area contributed by atoms with E-state index in [1.54, 1.807) is 0 Å². The van der Waals surface area contributed by atoms with Crippen LogP contribution in [0.1, 0.15) is 13.3 Å². The molecule has 4 aromatic carbocycles. The number of benzene rings is 4. The molecule has 3 heteroatoms. The molecule has 2 unspecified atom stereocenters. The highest BCUT2D eigenvalue weighted by atomic mass is 15.0. The van der Waals surface area contributed by atoms with Crippen LogP contribution in [0.2, 0.25) is 0 Å². The number of hydrogen-bond acceptors (Lipinski definition) is 1. The first-order chi connectivity index (χ1) is 16.8. The van der Waals surface area contributed by atoms with Crippen molar-refractivity contribution in [1.29, 1.82) is 0 Å². The minimum absolute atomic E-state index is 0.707. The molecular weight excluding hydrogens is 411 g/mol. The van der Waals surface area contributed by atoms with Gasteiger partial charge in [0.25, 0.3) is 0 Å². The second kappa shape index (κ2) is 9.97. The van der Waals surface area contributed by atoms with Crippen LogP contribution >= 0.6 is 0 Å². The summed E-state index contributed by atoms with van der Waals surface area (Å²) in [6, 6.07) is 44.9. The van der Waals surface area contributed by atoms with E-state index in [1.807, 2.05) is 0 Å². The predicted molar refractivity (Wildman–Crippen MR) is 146 cm³/mol. The van der Waals surface area contributed by atoms with Crippen molar-refractivity contribution in [3.8, 4) is 0 Å². The molecule has 4 aromatic rings. The Morgan fingerprint density at radius 1 is 0.618 bits per heavy atom. The molecule has 0 amide bonds. The van der Waals surface area contributed by atoms with Crippen LogP contribution < -0.4 is 32.2 Å². The summed E-state index contributed by atoms with van der Waals surface area (Å²) in [7, 11) is 0. The molecule has 2 N–H and O–H groups in total. The fraction of sp³-hybridized carbons (Fsp3) is 0.129. The largest absolute Gasteiger partial charge is 0.381 e. The summed E-state index contributed by atoms with van der Waals surface area (Å²) in [6.07, 6.45) is 4.21. The van der Waals surface area contributed by atoms with Crippen molar-refractivity contribution >= 4 is 34.2 Å². The van der Waals surface area contributed by atoms with Crippen LogP contribution in [0.3, 0.4) is 0 Å². The third-order valence-electron chi connectivity index (χ3n) is 7.04. The number of allylic oxidation sites excluding steroid dienone is 1. The first kappa shape index (κ1) is 22.0. The van der Waals surface area contributed by atoms with E-state index in [0.29, 0.717) is 12.1 Å². The van der Waals surface area contributed by atoms with Crippen LogP contribution in [-0.4, -0.2) is 24.4 Å². The lowest BCUT2D eigenvalue weighted by atomic mass is 9.13. The van der Waals surface area contributed by atoms with Crippen molar-refractivity contribution in [3.05, 3.63) is 133 Å². The Balaban J connectivity index is 0.000000222. The fourth-order valence-electron chi connectivity index (χ4n) is 5.20. The van der Waals surface area contributed by atoms with Crippen LogP contribution in [0.15, 0.2) is 133 Å². The standard InChI is InChI=1S/C24H20B.C7H10N2/c1-5-13-21(14-6-1)25(22-15-7-2-8-16-22,23-17-9-3-10-18-23)24-19-11-4-12-20-24;1-5-3-8-6-2-7(6)9-4-5/h1-20H;3-4,6-8H,2H2,1H3/q-1;/p+1. The highest BCUT2D eigenvalue weighted by Crippen LogP contribution is 2.17. The molecule has 0 bridgehead atoms. The lowest BCUT2D eigenvalue weighted by Crippen LogP contribution is -2.74. The maximum Gasteiger partial charge on any atom is 0.173 e. The fourth-order valence-corrected chi connectivity index (χ4v) is 5.20. The predicted octanol–water partition coefficient (Wildman–Crippen LogP) is 1.85. The van der Waals surface area contributed by atoms with Gasteiger partial charge in [-0.05, 0) is 6.92 Å². The molecule has 2 nitrogen and oxygen atoms in total. The van der Waals surface area contributed by atoms with Crippen molar-refractivity contribution in [3.63, 3.8) is 0 Å². The minimum Gasteiger partial charge on any atom is -0.381 e. The highest BCUT2D eigenvalue weighted by Gasteiger charge is 2.42. The smallest absolute Gasteiger partial charge is 0.173 e. The third kappa shape index (κ3) is 4.47. The van der Waals surface area contributed by atoms with Crippen molar-refractivity contribution < 1.29 is 4.99 Å². The molecule has 0 saturated heterocycles. The van der Waals surface area contributed by atoms with Crippen LogP contribution in [0.5, 0.6) is 0 Å².